The van der Waals surface area contributed by atoms with Crippen molar-refractivity contribution in [2.75, 3.05) is 52.9 Å². The van der Waals surface area contributed by atoms with Crippen LogP contribution in [0.25, 0.3) is 10.8 Å². The molecule has 3 heterocycles. The average Bonchev–Trinajstić information content (AvgIpc) is 3.55. The number of fused-ring (bicyclic) bond motifs is 1. The normalized spacial score (nSPS) is 23.0. The van der Waals surface area contributed by atoms with Gasteiger partial charge in [-0.15, -0.1) is 0 Å². The van der Waals surface area contributed by atoms with E-state index in [-0.39, 0.29) is 29.2 Å². The average molecular weight is 608 g/mol. The topological polar surface area (TPSA) is 131 Å². The molecule has 3 fully saturated rings. The molecule has 11 nitrogen and oxygen atoms in total. The molecule has 1 unspecified atom stereocenters. The van der Waals surface area contributed by atoms with Crippen LogP contribution >= 0.6 is 11.6 Å². The molecular weight excluding hydrogens is 570 g/mol. The Morgan fingerprint density at radius 2 is 1.73 bits per heavy atom. The highest BCUT2D eigenvalue weighted by atomic mass is 35.5. The summed E-state index contributed by atoms with van der Waals surface area (Å²) >= 11 is 6.03. The summed E-state index contributed by atoms with van der Waals surface area (Å²) in [4.78, 5) is 43.4. The van der Waals surface area contributed by atoms with Gasteiger partial charge in [0.05, 0.1) is 4.90 Å². The molecule has 0 spiro atoms. The third-order valence-corrected chi connectivity index (χ3v) is 9.88. The number of piperazine rings is 1. The number of rotatable bonds is 7. The molecule has 0 radical (unpaired) electrons. The first-order chi connectivity index (χ1) is 19.5. The standard InChI is InChI=1S/C27H36ClN5O4S.CH2O2/c1-19(26(34)33-10-3-4-23(33)18-31-14-12-30(2)13-15-31)32-11-9-25(27(32)35)29-38(36,37)24-8-6-20-16-22(28)7-5-21(20)17-24;2-1-3/h5-8,16-17,19,23,25,29H,3-4,9-15,18H2,1-2H3;1H,(H,2,3)/t19-,23?,25-;/m0./s1. The molecule has 3 saturated heterocycles. The number of hydrogen-bond donors (Lipinski definition) is 2. The highest BCUT2D eigenvalue weighted by Crippen LogP contribution is 2.26. The van der Waals surface area contributed by atoms with Crippen molar-refractivity contribution >= 4 is 50.7 Å². The second-order valence-electron chi connectivity index (χ2n) is 10.9. The Hall–Kier alpha value is -2.77. The molecule has 0 bridgehead atoms. The molecule has 3 atom stereocenters. The second kappa shape index (κ2) is 13.5. The first-order valence-electron chi connectivity index (χ1n) is 13.9. The number of likely N-dealkylation sites (N-methyl/N-ethyl adjacent to an activating group) is 1. The highest BCUT2D eigenvalue weighted by Gasteiger charge is 2.42. The lowest BCUT2D eigenvalue weighted by Gasteiger charge is -2.37. The van der Waals surface area contributed by atoms with Crippen LogP contribution in [0.5, 0.6) is 0 Å². The summed E-state index contributed by atoms with van der Waals surface area (Å²) in [5.41, 5.74) is 0. The van der Waals surface area contributed by atoms with Gasteiger partial charge >= 0.3 is 0 Å². The number of hydrogen-bond acceptors (Lipinski definition) is 7. The van der Waals surface area contributed by atoms with Gasteiger partial charge in [0, 0.05) is 56.9 Å². The van der Waals surface area contributed by atoms with Crippen molar-refractivity contribution in [2.24, 2.45) is 0 Å². The number of benzene rings is 2. The number of likely N-dealkylation sites (tertiary alicyclic amines) is 2. The monoisotopic (exact) mass is 607 g/mol. The Balaban J connectivity index is 0.00000124. The first-order valence-corrected chi connectivity index (χ1v) is 15.7. The number of nitrogens with one attached hydrogen (secondary N) is 1. The fourth-order valence-corrected chi connectivity index (χ4v) is 7.27. The van der Waals surface area contributed by atoms with Crippen LogP contribution in [0.3, 0.4) is 0 Å². The van der Waals surface area contributed by atoms with Crippen LogP contribution in [0, 0.1) is 0 Å². The van der Waals surface area contributed by atoms with Gasteiger partial charge in [0.15, 0.2) is 0 Å². The molecule has 5 rings (SSSR count). The number of amides is 2. The van der Waals surface area contributed by atoms with Crippen molar-refractivity contribution in [1.82, 2.24) is 24.3 Å². The van der Waals surface area contributed by atoms with Crippen molar-refractivity contribution in [3.63, 3.8) is 0 Å². The van der Waals surface area contributed by atoms with Crippen molar-refractivity contribution in [1.29, 1.82) is 0 Å². The summed E-state index contributed by atoms with van der Waals surface area (Å²) in [6, 6.07) is 8.67. The molecule has 0 saturated carbocycles. The van der Waals surface area contributed by atoms with E-state index in [4.69, 9.17) is 21.5 Å². The van der Waals surface area contributed by atoms with E-state index in [1.165, 1.54) is 11.0 Å². The SMILES string of the molecule is C[C@@H](C(=O)N1CCCC1CN1CCN(C)CC1)N1CC[C@H](NS(=O)(=O)c2ccc3cc(Cl)ccc3c2)C1=O.O=CO. The third kappa shape index (κ3) is 7.36. The summed E-state index contributed by atoms with van der Waals surface area (Å²) < 4.78 is 28.8. The Morgan fingerprint density at radius 1 is 1.07 bits per heavy atom. The maximum absolute atomic E-state index is 13.5. The Bertz CT molecular complexity index is 1370. The van der Waals surface area contributed by atoms with Gasteiger partial charge in [-0.25, -0.2) is 8.42 Å². The zero-order chi connectivity index (χ0) is 29.7. The van der Waals surface area contributed by atoms with E-state index in [1.807, 2.05) is 4.90 Å². The second-order valence-corrected chi connectivity index (χ2v) is 13.0. The van der Waals surface area contributed by atoms with Gasteiger partial charge in [0.25, 0.3) is 6.47 Å². The van der Waals surface area contributed by atoms with E-state index in [0.29, 0.717) is 24.5 Å². The van der Waals surface area contributed by atoms with Crippen LogP contribution in [0.15, 0.2) is 41.3 Å². The Kier molecular flexibility index (Phi) is 10.2. The predicted molar refractivity (Wildman–Crippen MR) is 156 cm³/mol. The minimum atomic E-state index is -3.93. The van der Waals surface area contributed by atoms with Crippen molar-refractivity contribution in [3.8, 4) is 0 Å². The molecular formula is C28H38ClN5O6S. The van der Waals surface area contributed by atoms with Crippen LogP contribution in [0.1, 0.15) is 26.2 Å². The zero-order valence-corrected chi connectivity index (χ0v) is 25.0. The van der Waals surface area contributed by atoms with Gasteiger partial charge in [-0.05, 0) is 68.3 Å². The van der Waals surface area contributed by atoms with Crippen LogP contribution in [-0.2, 0) is 24.4 Å². The molecule has 3 aliphatic rings. The molecule has 2 amide bonds. The van der Waals surface area contributed by atoms with E-state index in [2.05, 4.69) is 21.6 Å². The molecule has 2 aromatic rings. The molecule has 224 valence electrons. The summed E-state index contributed by atoms with van der Waals surface area (Å²) in [6.07, 6.45) is 2.26. The summed E-state index contributed by atoms with van der Waals surface area (Å²) in [5.74, 6) is -0.400. The van der Waals surface area contributed by atoms with Crippen LogP contribution in [0.4, 0.5) is 0 Å². The van der Waals surface area contributed by atoms with E-state index in [1.54, 1.807) is 37.3 Å². The third-order valence-electron chi connectivity index (χ3n) is 8.17. The van der Waals surface area contributed by atoms with Crippen LogP contribution in [0.2, 0.25) is 5.02 Å². The summed E-state index contributed by atoms with van der Waals surface area (Å²) in [6.45, 7) is 7.48. The largest absolute Gasteiger partial charge is 0.483 e. The lowest BCUT2D eigenvalue weighted by Crippen LogP contribution is -2.54. The Morgan fingerprint density at radius 3 is 2.44 bits per heavy atom. The van der Waals surface area contributed by atoms with Gasteiger partial charge in [0.1, 0.15) is 12.1 Å². The summed E-state index contributed by atoms with van der Waals surface area (Å²) in [7, 11) is -1.80. The van der Waals surface area contributed by atoms with Crippen molar-refractivity contribution in [3.05, 3.63) is 41.4 Å². The fourth-order valence-electron chi connectivity index (χ4n) is 5.83. The van der Waals surface area contributed by atoms with Gasteiger partial charge in [-0.2, -0.15) is 4.72 Å². The predicted octanol–water partition coefficient (Wildman–Crippen LogP) is 1.70. The highest BCUT2D eigenvalue weighted by molar-refractivity contribution is 7.89. The number of nitrogens with zero attached hydrogens (tertiary/aromatic N) is 4. The molecule has 0 aliphatic carbocycles. The zero-order valence-electron chi connectivity index (χ0n) is 23.4. The molecule has 13 heteroatoms. The number of halogens is 1. The number of carboxylic acid groups (broad SMARTS) is 1. The lowest BCUT2D eigenvalue weighted by atomic mass is 10.1. The quantitative estimate of drug-likeness (QED) is 0.455. The van der Waals surface area contributed by atoms with Gasteiger partial charge in [0.2, 0.25) is 21.8 Å². The molecule has 3 aliphatic heterocycles. The minimum Gasteiger partial charge on any atom is -0.483 e. The maximum Gasteiger partial charge on any atom is 0.290 e. The van der Waals surface area contributed by atoms with Gasteiger partial charge < -0.3 is 19.8 Å². The minimum absolute atomic E-state index is 0.0494. The lowest BCUT2D eigenvalue weighted by molar-refractivity contribution is -0.144. The molecule has 2 N–H and O–H groups in total. The fraction of sp³-hybridized carbons (Fsp3) is 0.536. The maximum atomic E-state index is 13.5. The number of carbonyl (C=O) groups is 3. The Labute approximate surface area is 246 Å². The molecule has 0 aromatic heterocycles. The van der Waals surface area contributed by atoms with E-state index in [9.17, 15) is 18.0 Å². The van der Waals surface area contributed by atoms with E-state index < -0.39 is 22.1 Å². The van der Waals surface area contributed by atoms with Crippen LogP contribution < -0.4 is 4.72 Å². The number of sulfonamides is 1. The van der Waals surface area contributed by atoms with Crippen molar-refractivity contribution in [2.45, 2.75) is 49.2 Å². The first kappa shape index (κ1) is 31.2. The van der Waals surface area contributed by atoms with E-state index >= 15 is 0 Å². The van der Waals surface area contributed by atoms with Gasteiger partial charge in [-0.1, -0.05) is 23.7 Å². The summed E-state index contributed by atoms with van der Waals surface area (Å²) in [5, 5.41) is 9.04. The van der Waals surface area contributed by atoms with E-state index in [0.717, 1.165) is 56.3 Å². The number of carbonyl (C=O) groups excluding carboxylic acids is 2. The van der Waals surface area contributed by atoms with Gasteiger partial charge in [-0.3, -0.25) is 19.3 Å². The molecule has 2 aromatic carbocycles. The van der Waals surface area contributed by atoms with Crippen molar-refractivity contribution < 1.29 is 27.9 Å². The smallest absolute Gasteiger partial charge is 0.290 e. The van der Waals surface area contributed by atoms with Crippen LogP contribution in [-0.4, -0.2) is 122 Å². The molecule has 41 heavy (non-hydrogen) atoms.